The van der Waals surface area contributed by atoms with Crippen LogP contribution in [0.4, 0.5) is 0 Å². The summed E-state index contributed by atoms with van der Waals surface area (Å²) in [6.07, 6.45) is 1.33. The molecule has 0 saturated carbocycles. The molecule has 20 heavy (non-hydrogen) atoms. The van der Waals surface area contributed by atoms with Gasteiger partial charge in [0.15, 0.2) is 5.78 Å². The quantitative estimate of drug-likeness (QED) is 0.673. The third-order valence-corrected chi connectivity index (χ3v) is 3.23. The molecule has 1 aromatic heterocycles. The Bertz CT molecular complexity index is 670. The average molecular weight is 316 g/mol. The van der Waals surface area contributed by atoms with E-state index in [1.54, 1.807) is 13.0 Å². The summed E-state index contributed by atoms with van der Waals surface area (Å²) in [4.78, 5) is 12.2. The molecule has 0 amide bonds. The highest BCUT2D eigenvalue weighted by Crippen LogP contribution is 2.23. The fraction of sp³-hybridized carbons (Fsp3) is 0.167. The highest BCUT2D eigenvalue weighted by Gasteiger charge is 2.18. The zero-order chi connectivity index (χ0) is 14.7. The number of benzene rings is 1. The second-order valence-electron chi connectivity index (χ2n) is 3.92. The topological polar surface area (TPSA) is 89.6 Å². The van der Waals surface area contributed by atoms with E-state index in [0.717, 1.165) is 0 Å². The van der Waals surface area contributed by atoms with Gasteiger partial charge in [-0.15, -0.1) is 0 Å². The summed E-state index contributed by atoms with van der Waals surface area (Å²) in [7, 11) is 0. The summed E-state index contributed by atoms with van der Waals surface area (Å²) in [5.41, 5.74) is 1.22. The van der Waals surface area contributed by atoms with E-state index in [1.807, 2.05) is 0 Å². The molecule has 0 aliphatic rings. The van der Waals surface area contributed by atoms with Crippen LogP contribution in [0, 0.1) is 6.92 Å². The maximum Gasteiger partial charge on any atom is 0.302 e. The van der Waals surface area contributed by atoms with E-state index in [0.29, 0.717) is 22.5 Å². The molecule has 0 aliphatic carbocycles. The van der Waals surface area contributed by atoms with Crippen LogP contribution in [-0.4, -0.2) is 19.7 Å². The van der Waals surface area contributed by atoms with Crippen LogP contribution < -0.4 is 0 Å². The number of rotatable bonds is 5. The minimum Gasteiger partial charge on any atom is -0.361 e. The number of nitrogens with zero attached hydrogens (tertiary/aromatic N) is 1. The third kappa shape index (κ3) is 3.31. The molecule has 0 bridgehead atoms. The van der Waals surface area contributed by atoms with Gasteiger partial charge in [0.25, 0.3) is 0 Å². The fourth-order valence-electron chi connectivity index (χ4n) is 1.61. The van der Waals surface area contributed by atoms with Gasteiger partial charge in [0.1, 0.15) is 5.76 Å². The first-order chi connectivity index (χ1) is 9.49. The van der Waals surface area contributed by atoms with Crippen molar-refractivity contribution in [3.63, 3.8) is 0 Å². The lowest BCUT2D eigenvalue weighted by Crippen LogP contribution is -2.03. The summed E-state index contributed by atoms with van der Waals surface area (Å²) in [6.45, 7) is 1.55. The Labute approximate surface area is 122 Å². The van der Waals surface area contributed by atoms with Crippen LogP contribution in [0.2, 0.25) is 5.02 Å². The Hall–Kier alpha value is -1.54. The Morgan fingerprint density at radius 2 is 2.25 bits per heavy atom. The number of aromatic nitrogens is 1. The van der Waals surface area contributed by atoms with Gasteiger partial charge < -0.3 is 4.52 Å². The minimum absolute atomic E-state index is 0.0798. The van der Waals surface area contributed by atoms with Crippen LogP contribution in [0.3, 0.4) is 0 Å². The summed E-state index contributed by atoms with van der Waals surface area (Å²) in [6, 6.07) is 4.62. The number of carbonyl (C=O) groups is 1. The van der Waals surface area contributed by atoms with E-state index >= 15 is 0 Å². The first kappa shape index (κ1) is 14.9. The van der Waals surface area contributed by atoms with E-state index in [1.165, 1.54) is 18.3 Å². The number of aryl methyl sites for hydroxylation is 1. The molecule has 0 saturated heterocycles. The van der Waals surface area contributed by atoms with Crippen LogP contribution in [0.5, 0.6) is 0 Å². The van der Waals surface area contributed by atoms with Crippen molar-refractivity contribution in [2.45, 2.75) is 13.5 Å². The zero-order valence-corrected chi connectivity index (χ0v) is 11.9. The monoisotopic (exact) mass is 315 g/mol. The third-order valence-electron chi connectivity index (χ3n) is 2.60. The molecule has 2 aromatic rings. The molecule has 0 spiro atoms. The summed E-state index contributed by atoms with van der Waals surface area (Å²) in [5, 5.41) is 3.77. The molecule has 0 fully saturated rings. The lowest BCUT2D eigenvalue weighted by molar-refractivity contribution is 0.103. The lowest BCUT2D eigenvalue weighted by atomic mass is 10.0. The molecule has 0 aliphatic heterocycles. The number of halogens is 1. The summed E-state index contributed by atoms with van der Waals surface area (Å²) in [5.74, 6) is 0.112. The predicted octanol–water partition coefficient (Wildman–Crippen LogP) is 2.52. The minimum atomic E-state index is -2.34. The highest BCUT2D eigenvalue weighted by molar-refractivity contribution is 7.74. The fourth-order valence-corrected chi connectivity index (χ4v) is 2.14. The number of hydrogen-bond donors (Lipinski definition) is 1. The lowest BCUT2D eigenvalue weighted by Gasteiger charge is -2.05. The van der Waals surface area contributed by atoms with Gasteiger partial charge in [-0.2, -0.15) is 4.21 Å². The molecule has 1 N–H and O–H groups in total. The normalized spacial score (nSPS) is 12.3. The van der Waals surface area contributed by atoms with Gasteiger partial charge in [0, 0.05) is 5.56 Å². The van der Waals surface area contributed by atoms with Gasteiger partial charge in [0.05, 0.1) is 23.4 Å². The average Bonchev–Trinajstić information content (AvgIpc) is 2.82. The van der Waals surface area contributed by atoms with Crippen LogP contribution >= 0.6 is 11.6 Å². The van der Waals surface area contributed by atoms with Crippen molar-refractivity contribution in [2.24, 2.45) is 0 Å². The van der Waals surface area contributed by atoms with Gasteiger partial charge in [-0.3, -0.25) is 13.5 Å². The number of ketones is 1. The number of hydrogen-bond acceptors (Lipinski definition) is 5. The Morgan fingerprint density at radius 1 is 1.50 bits per heavy atom. The van der Waals surface area contributed by atoms with Gasteiger partial charge >= 0.3 is 11.4 Å². The molecular formula is C12H10ClNO5S. The predicted molar refractivity (Wildman–Crippen MR) is 71.7 cm³/mol. The molecule has 0 radical (unpaired) electrons. The largest absolute Gasteiger partial charge is 0.361 e. The van der Waals surface area contributed by atoms with E-state index < -0.39 is 11.4 Å². The molecular weight excluding hydrogens is 306 g/mol. The van der Waals surface area contributed by atoms with Crippen molar-refractivity contribution in [3.05, 3.63) is 51.9 Å². The maximum absolute atomic E-state index is 12.2. The van der Waals surface area contributed by atoms with Crippen LogP contribution in [0.1, 0.15) is 27.2 Å². The molecule has 1 heterocycles. The summed E-state index contributed by atoms with van der Waals surface area (Å²) < 4.78 is 28.3. The molecule has 2 rings (SSSR count). The Morgan fingerprint density at radius 3 is 2.80 bits per heavy atom. The second kappa shape index (κ2) is 6.27. The molecule has 1 unspecified atom stereocenters. The smallest absolute Gasteiger partial charge is 0.302 e. The molecule has 8 heteroatoms. The van der Waals surface area contributed by atoms with E-state index in [2.05, 4.69) is 9.34 Å². The first-order valence-electron chi connectivity index (χ1n) is 5.47. The first-order valence-corrected chi connectivity index (χ1v) is 6.88. The van der Waals surface area contributed by atoms with Gasteiger partial charge in [0.2, 0.25) is 0 Å². The van der Waals surface area contributed by atoms with Crippen LogP contribution in [-0.2, 0) is 22.2 Å². The summed E-state index contributed by atoms with van der Waals surface area (Å²) >= 11 is 3.70. The highest BCUT2D eigenvalue weighted by atomic mass is 35.5. The Balaban J connectivity index is 2.24. The second-order valence-corrected chi connectivity index (χ2v) is 5.00. The SMILES string of the molecule is Cc1oncc1C(=O)c1ccc(COS(=O)O)cc1Cl. The van der Waals surface area contributed by atoms with Gasteiger partial charge in [-0.25, -0.2) is 0 Å². The van der Waals surface area contributed by atoms with Crippen LogP contribution in [0.15, 0.2) is 28.9 Å². The molecule has 1 atom stereocenters. The molecule has 106 valence electrons. The molecule has 1 aromatic carbocycles. The van der Waals surface area contributed by atoms with Crippen molar-refractivity contribution >= 4 is 28.7 Å². The van der Waals surface area contributed by atoms with Crippen molar-refractivity contribution in [3.8, 4) is 0 Å². The van der Waals surface area contributed by atoms with Crippen molar-refractivity contribution in [2.75, 3.05) is 0 Å². The van der Waals surface area contributed by atoms with Crippen molar-refractivity contribution in [1.82, 2.24) is 5.16 Å². The zero-order valence-electron chi connectivity index (χ0n) is 10.3. The van der Waals surface area contributed by atoms with Gasteiger partial charge in [-0.05, 0) is 24.6 Å². The maximum atomic E-state index is 12.2. The van der Waals surface area contributed by atoms with E-state index in [4.69, 9.17) is 20.7 Å². The number of carbonyl (C=O) groups excluding carboxylic acids is 1. The van der Waals surface area contributed by atoms with E-state index in [9.17, 15) is 9.00 Å². The van der Waals surface area contributed by atoms with Crippen molar-refractivity contribution < 1.29 is 22.3 Å². The standard InChI is InChI=1S/C12H10ClNO5S/c1-7-10(5-14-19-7)12(15)9-3-2-8(4-11(9)13)6-18-20(16)17/h2-5H,6H2,1H3,(H,16,17). The Kier molecular flexibility index (Phi) is 4.66. The van der Waals surface area contributed by atoms with Crippen LogP contribution in [0.25, 0.3) is 0 Å². The van der Waals surface area contributed by atoms with E-state index in [-0.39, 0.29) is 17.4 Å². The molecule has 6 nitrogen and oxygen atoms in total. The van der Waals surface area contributed by atoms with Gasteiger partial charge in [-0.1, -0.05) is 22.8 Å². The van der Waals surface area contributed by atoms with Crippen molar-refractivity contribution in [1.29, 1.82) is 0 Å².